The molecule has 0 aliphatic rings. The van der Waals surface area contributed by atoms with Gasteiger partial charge in [0, 0.05) is 5.69 Å². The topological polar surface area (TPSA) is 63.3 Å². The summed E-state index contributed by atoms with van der Waals surface area (Å²) in [6, 6.07) is 7.79. The second-order valence-corrected chi connectivity index (χ2v) is 2.27. The Balaban J connectivity index is 0.000000424. The number of carboxylic acid groups (broad SMARTS) is 1. The smallest absolute Gasteiger partial charge is 0.290 e. The lowest BCUT2D eigenvalue weighted by Crippen LogP contribution is -1.82. The van der Waals surface area contributed by atoms with Crippen LogP contribution < -0.4 is 5.73 Å². The van der Waals surface area contributed by atoms with Gasteiger partial charge in [0.1, 0.15) is 0 Å². The fourth-order valence-corrected chi connectivity index (χ4v) is 0.800. The van der Waals surface area contributed by atoms with Crippen molar-refractivity contribution in [2.45, 2.75) is 6.92 Å². The Morgan fingerprint density at radius 2 is 1.77 bits per heavy atom. The molecule has 0 atom stereocenters. The van der Waals surface area contributed by atoms with E-state index in [4.69, 9.17) is 15.6 Å². The predicted octanol–water partition coefficient (Wildman–Crippen LogP) is 2.00. The second-order valence-electron chi connectivity index (χ2n) is 2.27. The maximum absolute atomic E-state index is 8.36. The number of benzene rings is 1. The average Bonchev–Trinajstić information content (AvgIpc) is 2.11. The molecule has 3 heteroatoms. The summed E-state index contributed by atoms with van der Waals surface area (Å²) in [6.45, 7) is 1.75. The molecule has 13 heavy (non-hydrogen) atoms. The minimum atomic E-state index is -0.250. The highest BCUT2D eigenvalue weighted by Gasteiger charge is 1.83. The molecule has 70 valence electrons. The molecule has 0 heterocycles. The molecule has 1 aromatic rings. The summed E-state index contributed by atoms with van der Waals surface area (Å²) in [4.78, 5) is 8.36. The van der Waals surface area contributed by atoms with Gasteiger partial charge in [-0.1, -0.05) is 24.3 Å². The molecule has 0 unspecified atom stereocenters. The Morgan fingerprint density at radius 1 is 1.31 bits per heavy atom. The van der Waals surface area contributed by atoms with Gasteiger partial charge >= 0.3 is 0 Å². The number of rotatable bonds is 1. The Labute approximate surface area is 77.5 Å². The first-order valence-corrected chi connectivity index (χ1v) is 3.80. The van der Waals surface area contributed by atoms with Crippen molar-refractivity contribution in [3.8, 4) is 0 Å². The van der Waals surface area contributed by atoms with E-state index in [2.05, 4.69) is 0 Å². The van der Waals surface area contributed by atoms with Crippen molar-refractivity contribution in [2.24, 2.45) is 0 Å². The van der Waals surface area contributed by atoms with Gasteiger partial charge in [-0.25, -0.2) is 0 Å². The van der Waals surface area contributed by atoms with Crippen molar-refractivity contribution in [1.29, 1.82) is 0 Å². The third kappa shape index (κ3) is 5.49. The molecule has 0 aliphatic carbocycles. The van der Waals surface area contributed by atoms with Gasteiger partial charge in [0.05, 0.1) is 0 Å². The molecular weight excluding hydrogens is 166 g/mol. The molecule has 0 aliphatic heterocycles. The third-order valence-electron chi connectivity index (χ3n) is 1.30. The van der Waals surface area contributed by atoms with Crippen LogP contribution in [0.2, 0.25) is 0 Å². The maximum Gasteiger partial charge on any atom is 0.290 e. The highest BCUT2D eigenvalue weighted by molar-refractivity contribution is 5.52. The van der Waals surface area contributed by atoms with E-state index in [0.717, 1.165) is 5.69 Å². The van der Waals surface area contributed by atoms with Gasteiger partial charge in [0.25, 0.3) is 6.47 Å². The van der Waals surface area contributed by atoms with Crippen LogP contribution in [0.15, 0.2) is 30.3 Å². The van der Waals surface area contributed by atoms with E-state index >= 15 is 0 Å². The number of hydrogen-bond donors (Lipinski definition) is 2. The maximum atomic E-state index is 8.36. The Bertz CT molecular complexity index is 265. The van der Waals surface area contributed by atoms with Crippen LogP contribution in [0.25, 0.3) is 6.08 Å². The number of nitrogens with two attached hydrogens (primary N) is 1. The quantitative estimate of drug-likeness (QED) is 0.512. The van der Waals surface area contributed by atoms with Crippen molar-refractivity contribution in [3.05, 3.63) is 35.9 Å². The highest BCUT2D eigenvalue weighted by atomic mass is 16.3. The standard InChI is InChI=1S/C9H11N.CH2O2/c1-2-3-8-4-6-9(10)7-5-8;2-1-3/h2-7H,10H2,1H3;1H,(H,2,3)/b3-2+;. The first-order valence-electron chi connectivity index (χ1n) is 3.80. The fraction of sp³-hybridized carbons (Fsp3) is 0.100. The summed E-state index contributed by atoms with van der Waals surface area (Å²) < 4.78 is 0. The first kappa shape index (κ1) is 11.2. The molecule has 0 saturated heterocycles. The molecule has 0 spiro atoms. The number of allylic oxidation sites excluding steroid dienone is 1. The largest absolute Gasteiger partial charge is 0.483 e. The Hall–Kier alpha value is -1.77. The molecule has 0 aromatic heterocycles. The predicted molar refractivity (Wildman–Crippen MR) is 54.3 cm³/mol. The molecule has 0 radical (unpaired) electrons. The summed E-state index contributed by atoms with van der Waals surface area (Å²) in [7, 11) is 0. The second kappa shape index (κ2) is 6.91. The summed E-state index contributed by atoms with van der Waals surface area (Å²) >= 11 is 0. The van der Waals surface area contributed by atoms with E-state index in [0.29, 0.717) is 0 Å². The fourth-order valence-electron chi connectivity index (χ4n) is 0.800. The number of hydrogen-bond acceptors (Lipinski definition) is 2. The Kier molecular flexibility index (Phi) is 5.97. The molecule has 3 N–H and O–H groups in total. The lowest BCUT2D eigenvalue weighted by atomic mass is 10.2. The van der Waals surface area contributed by atoms with Crippen molar-refractivity contribution in [1.82, 2.24) is 0 Å². The lowest BCUT2D eigenvalue weighted by molar-refractivity contribution is -0.122. The van der Waals surface area contributed by atoms with Gasteiger partial charge in [-0.2, -0.15) is 0 Å². The van der Waals surface area contributed by atoms with E-state index < -0.39 is 0 Å². The van der Waals surface area contributed by atoms with Crippen molar-refractivity contribution >= 4 is 18.2 Å². The highest BCUT2D eigenvalue weighted by Crippen LogP contribution is 2.06. The third-order valence-corrected chi connectivity index (χ3v) is 1.30. The zero-order valence-corrected chi connectivity index (χ0v) is 7.47. The van der Waals surface area contributed by atoms with Crippen molar-refractivity contribution in [2.75, 3.05) is 5.73 Å². The molecule has 3 nitrogen and oxygen atoms in total. The van der Waals surface area contributed by atoms with Crippen molar-refractivity contribution < 1.29 is 9.90 Å². The van der Waals surface area contributed by atoms with E-state index in [9.17, 15) is 0 Å². The van der Waals surface area contributed by atoms with Crippen LogP contribution in [0.3, 0.4) is 0 Å². The molecule has 0 bridgehead atoms. The summed E-state index contributed by atoms with van der Waals surface area (Å²) in [5.41, 5.74) is 7.50. The molecule has 1 rings (SSSR count). The van der Waals surface area contributed by atoms with Crippen LogP contribution in [0.4, 0.5) is 5.69 Å². The van der Waals surface area contributed by atoms with Gasteiger partial charge < -0.3 is 10.8 Å². The monoisotopic (exact) mass is 179 g/mol. The first-order chi connectivity index (χ1) is 6.24. The van der Waals surface area contributed by atoms with E-state index in [-0.39, 0.29) is 6.47 Å². The summed E-state index contributed by atoms with van der Waals surface area (Å²) in [5.74, 6) is 0. The minimum absolute atomic E-state index is 0.250. The number of carbonyl (C=O) groups is 1. The van der Waals surface area contributed by atoms with Crippen LogP contribution in [0.1, 0.15) is 12.5 Å². The van der Waals surface area contributed by atoms with Gasteiger partial charge in [0.15, 0.2) is 0 Å². The van der Waals surface area contributed by atoms with E-state index in [1.165, 1.54) is 5.56 Å². The van der Waals surface area contributed by atoms with Gasteiger partial charge in [0.2, 0.25) is 0 Å². The molecular formula is C10H13NO2. The van der Waals surface area contributed by atoms with Crippen LogP contribution in [-0.2, 0) is 4.79 Å². The average molecular weight is 179 g/mol. The molecule has 0 fully saturated rings. The van der Waals surface area contributed by atoms with E-state index in [1.54, 1.807) is 0 Å². The van der Waals surface area contributed by atoms with Gasteiger partial charge in [-0.15, -0.1) is 0 Å². The van der Waals surface area contributed by atoms with Crippen LogP contribution >= 0.6 is 0 Å². The zero-order valence-electron chi connectivity index (χ0n) is 7.47. The van der Waals surface area contributed by atoms with Crippen LogP contribution in [-0.4, -0.2) is 11.6 Å². The minimum Gasteiger partial charge on any atom is -0.483 e. The van der Waals surface area contributed by atoms with Gasteiger partial charge in [-0.05, 0) is 24.6 Å². The number of anilines is 1. The summed E-state index contributed by atoms with van der Waals surface area (Å²) in [5, 5.41) is 6.89. The Morgan fingerprint density at radius 3 is 2.15 bits per heavy atom. The van der Waals surface area contributed by atoms with E-state index in [1.807, 2.05) is 43.3 Å². The number of nitrogen functional groups attached to an aromatic ring is 1. The van der Waals surface area contributed by atoms with Crippen LogP contribution in [0.5, 0.6) is 0 Å². The lowest BCUT2D eigenvalue weighted by Gasteiger charge is -1.92. The molecule has 0 amide bonds. The molecule has 1 aromatic carbocycles. The van der Waals surface area contributed by atoms with Crippen LogP contribution in [0, 0.1) is 0 Å². The van der Waals surface area contributed by atoms with Crippen molar-refractivity contribution in [3.63, 3.8) is 0 Å². The van der Waals surface area contributed by atoms with Gasteiger partial charge in [-0.3, -0.25) is 4.79 Å². The normalized spacial score (nSPS) is 9.00. The SMILES string of the molecule is C/C=C/c1ccc(N)cc1.O=CO. The summed E-state index contributed by atoms with van der Waals surface area (Å²) in [6.07, 6.45) is 4.05. The zero-order chi connectivity index (χ0) is 10.1. The molecule has 0 saturated carbocycles.